The van der Waals surface area contributed by atoms with E-state index in [0.717, 1.165) is 23.9 Å². The molecule has 1 N–H and O–H groups in total. The van der Waals surface area contributed by atoms with Gasteiger partial charge in [0, 0.05) is 18.5 Å². The van der Waals surface area contributed by atoms with Crippen LogP contribution in [0.2, 0.25) is 0 Å². The Hall–Kier alpha value is -2.68. The summed E-state index contributed by atoms with van der Waals surface area (Å²) in [7, 11) is 0. The lowest BCUT2D eigenvalue weighted by atomic mass is 9.95. The number of hydrogen-bond donors (Lipinski definition) is 1. The fourth-order valence-corrected chi connectivity index (χ4v) is 3.21. The summed E-state index contributed by atoms with van der Waals surface area (Å²) in [5.41, 5.74) is -0.0829. The molecule has 3 rings (SSSR count). The number of anilines is 1. The minimum atomic E-state index is -4.38. The van der Waals surface area contributed by atoms with Crippen molar-refractivity contribution >= 4 is 11.5 Å². The third kappa shape index (κ3) is 3.62. The molecule has 0 bridgehead atoms. The Morgan fingerprint density at radius 3 is 2.42 bits per heavy atom. The van der Waals surface area contributed by atoms with Crippen molar-refractivity contribution in [2.45, 2.75) is 24.6 Å². The van der Waals surface area contributed by atoms with Crippen LogP contribution in [0.25, 0.3) is 0 Å². The number of nitrogens with zero attached hydrogens (tertiary/aromatic N) is 3. The topological polar surface area (TPSA) is 79.5 Å². The highest BCUT2D eigenvalue weighted by molar-refractivity contribution is 5.46. The van der Waals surface area contributed by atoms with Gasteiger partial charge in [-0.1, -0.05) is 12.1 Å². The van der Waals surface area contributed by atoms with E-state index in [2.05, 4.69) is 4.98 Å². The number of aliphatic hydroxyl groups is 1. The molecule has 1 aromatic heterocycles. The molecule has 1 fully saturated rings. The van der Waals surface area contributed by atoms with Crippen molar-refractivity contribution in [2.75, 3.05) is 18.1 Å². The minimum Gasteiger partial charge on any atom is -0.394 e. The van der Waals surface area contributed by atoms with Crippen molar-refractivity contribution in [2.24, 2.45) is 0 Å². The molecule has 0 amide bonds. The van der Waals surface area contributed by atoms with Crippen LogP contribution in [0, 0.1) is 10.1 Å². The molecule has 1 saturated heterocycles. The Kier molecular flexibility index (Phi) is 4.82. The highest BCUT2D eigenvalue weighted by Crippen LogP contribution is 2.36. The smallest absolute Gasteiger partial charge is 0.394 e. The van der Waals surface area contributed by atoms with Crippen LogP contribution in [0.15, 0.2) is 42.6 Å². The van der Waals surface area contributed by atoms with Crippen LogP contribution in [0.1, 0.15) is 23.5 Å². The molecule has 0 saturated carbocycles. The molecule has 0 radical (unpaired) electrons. The monoisotopic (exact) mass is 367 g/mol. The van der Waals surface area contributed by atoms with Crippen LogP contribution in [-0.2, 0) is 6.18 Å². The molecule has 2 heterocycles. The van der Waals surface area contributed by atoms with Crippen molar-refractivity contribution in [1.29, 1.82) is 0 Å². The van der Waals surface area contributed by atoms with E-state index in [0.29, 0.717) is 18.8 Å². The second kappa shape index (κ2) is 6.91. The van der Waals surface area contributed by atoms with Crippen LogP contribution in [0.5, 0.6) is 0 Å². The van der Waals surface area contributed by atoms with E-state index in [4.69, 9.17) is 0 Å². The molecule has 0 spiro atoms. The van der Waals surface area contributed by atoms with E-state index in [-0.39, 0.29) is 24.3 Å². The Labute approximate surface area is 147 Å². The summed E-state index contributed by atoms with van der Waals surface area (Å²) in [6.07, 6.45) is -2.67. The van der Waals surface area contributed by atoms with Crippen LogP contribution in [0.3, 0.4) is 0 Å². The number of alkyl halides is 3. The van der Waals surface area contributed by atoms with Gasteiger partial charge in [-0.15, -0.1) is 0 Å². The molecule has 1 unspecified atom stereocenters. The van der Waals surface area contributed by atoms with Gasteiger partial charge in [-0.05, 0) is 30.2 Å². The first-order valence-electron chi connectivity index (χ1n) is 7.94. The minimum absolute atomic E-state index is 0.0635. The maximum absolute atomic E-state index is 12.7. The first-order chi connectivity index (χ1) is 12.3. The average molecular weight is 367 g/mol. The molecule has 9 heteroatoms. The van der Waals surface area contributed by atoms with Crippen molar-refractivity contribution in [3.8, 4) is 0 Å². The van der Waals surface area contributed by atoms with Crippen molar-refractivity contribution in [3.63, 3.8) is 0 Å². The number of rotatable bonds is 4. The molecule has 1 aliphatic heterocycles. The average Bonchev–Trinajstić information content (AvgIpc) is 3.05. The lowest BCUT2D eigenvalue weighted by Crippen LogP contribution is -2.32. The number of pyridine rings is 1. The van der Waals surface area contributed by atoms with Gasteiger partial charge in [0.1, 0.15) is 12.0 Å². The Balaban J connectivity index is 1.79. The van der Waals surface area contributed by atoms with Crippen LogP contribution >= 0.6 is 0 Å². The summed E-state index contributed by atoms with van der Waals surface area (Å²) < 4.78 is 38.1. The van der Waals surface area contributed by atoms with Gasteiger partial charge in [-0.25, -0.2) is 4.98 Å². The van der Waals surface area contributed by atoms with Crippen LogP contribution < -0.4 is 4.90 Å². The maximum Gasteiger partial charge on any atom is 0.416 e. The lowest BCUT2D eigenvalue weighted by Gasteiger charge is -2.23. The molecule has 6 nitrogen and oxygen atoms in total. The predicted octanol–water partition coefficient (Wildman–Crippen LogP) is 3.36. The van der Waals surface area contributed by atoms with Gasteiger partial charge in [0.05, 0.1) is 23.1 Å². The van der Waals surface area contributed by atoms with Gasteiger partial charge >= 0.3 is 6.18 Å². The summed E-state index contributed by atoms with van der Waals surface area (Å²) in [4.78, 5) is 16.1. The number of aliphatic hydroxyl groups excluding tert-OH is 1. The fraction of sp³-hybridized carbons (Fsp3) is 0.353. The first kappa shape index (κ1) is 18.1. The highest BCUT2D eigenvalue weighted by Gasteiger charge is 2.35. The summed E-state index contributed by atoms with van der Waals surface area (Å²) in [6, 6.07) is 7.60. The second-order valence-corrected chi connectivity index (χ2v) is 6.17. The Morgan fingerprint density at radius 2 is 1.92 bits per heavy atom. The van der Waals surface area contributed by atoms with Gasteiger partial charge in [0.25, 0.3) is 5.69 Å². The van der Waals surface area contributed by atoms with Gasteiger partial charge in [-0.3, -0.25) is 10.1 Å². The van der Waals surface area contributed by atoms with Gasteiger partial charge in [0.2, 0.25) is 0 Å². The molecule has 0 aliphatic carbocycles. The summed E-state index contributed by atoms with van der Waals surface area (Å²) >= 11 is 0. The van der Waals surface area contributed by atoms with Crippen LogP contribution in [0.4, 0.5) is 24.7 Å². The van der Waals surface area contributed by atoms with Gasteiger partial charge in [-0.2, -0.15) is 13.2 Å². The number of halogens is 3. The van der Waals surface area contributed by atoms with Gasteiger partial charge < -0.3 is 10.0 Å². The maximum atomic E-state index is 12.7. The first-order valence-corrected chi connectivity index (χ1v) is 7.94. The van der Waals surface area contributed by atoms with E-state index in [1.165, 1.54) is 24.3 Å². The molecular weight excluding hydrogens is 351 g/mol. The third-order valence-electron chi connectivity index (χ3n) is 4.57. The second-order valence-electron chi connectivity index (χ2n) is 6.17. The Morgan fingerprint density at radius 1 is 1.23 bits per heavy atom. The predicted molar refractivity (Wildman–Crippen MR) is 87.9 cm³/mol. The SMILES string of the molecule is O=[N+]([O-])c1ccc(N2CC(c3ccc(C(F)(F)F)cc3)C[C@H]2CO)nc1. The summed E-state index contributed by atoms with van der Waals surface area (Å²) in [5.74, 6) is 0.426. The van der Waals surface area contributed by atoms with Crippen LogP contribution in [-0.4, -0.2) is 34.2 Å². The molecule has 2 atom stereocenters. The molecule has 26 heavy (non-hydrogen) atoms. The van der Waals surface area contributed by atoms with E-state index in [9.17, 15) is 28.4 Å². The summed E-state index contributed by atoms with van der Waals surface area (Å²) in [5, 5.41) is 20.4. The van der Waals surface area contributed by atoms with Crippen molar-refractivity contribution < 1.29 is 23.2 Å². The highest BCUT2D eigenvalue weighted by atomic mass is 19.4. The molecule has 138 valence electrons. The normalized spacial score (nSPS) is 20.4. The van der Waals surface area contributed by atoms with Crippen molar-refractivity contribution in [3.05, 3.63) is 63.8 Å². The molecular formula is C17H16F3N3O3. The molecule has 2 aromatic rings. The quantitative estimate of drug-likeness (QED) is 0.662. The molecule has 1 aliphatic rings. The van der Waals surface area contributed by atoms with E-state index in [1.807, 2.05) is 4.90 Å². The fourth-order valence-electron chi connectivity index (χ4n) is 3.21. The standard InChI is InChI=1S/C17H16F3N3O3/c18-17(19,20)13-3-1-11(2-4-13)12-7-15(10-24)22(9-12)16-6-5-14(8-21-16)23(25)26/h1-6,8,12,15,24H,7,9-10H2/t12?,15-/m0/s1. The van der Waals surface area contributed by atoms with Crippen molar-refractivity contribution in [1.82, 2.24) is 4.98 Å². The Bertz CT molecular complexity index is 779. The molecule has 1 aromatic carbocycles. The van der Waals surface area contributed by atoms with E-state index >= 15 is 0 Å². The van der Waals surface area contributed by atoms with E-state index < -0.39 is 16.7 Å². The number of benzene rings is 1. The van der Waals surface area contributed by atoms with Gasteiger partial charge in [0.15, 0.2) is 0 Å². The number of nitro groups is 1. The third-order valence-corrected chi connectivity index (χ3v) is 4.57. The largest absolute Gasteiger partial charge is 0.416 e. The zero-order valence-electron chi connectivity index (χ0n) is 13.6. The zero-order chi connectivity index (χ0) is 18.9. The number of aromatic nitrogens is 1. The van der Waals surface area contributed by atoms with E-state index in [1.54, 1.807) is 0 Å². The zero-order valence-corrected chi connectivity index (χ0v) is 13.6. The number of hydrogen-bond acceptors (Lipinski definition) is 5. The summed E-state index contributed by atoms with van der Waals surface area (Å²) in [6.45, 7) is 0.317. The lowest BCUT2D eigenvalue weighted by molar-refractivity contribution is -0.385.